The van der Waals surface area contributed by atoms with Crippen LogP contribution in [0, 0.1) is 24.2 Å². The number of nitrogens with zero attached hydrogens (tertiary/aromatic N) is 4. The molecule has 0 aromatic carbocycles. The second-order valence-electron chi connectivity index (χ2n) is 7.92. The first kappa shape index (κ1) is 23.5. The minimum atomic E-state index is -0.277. The van der Waals surface area contributed by atoms with Crippen LogP contribution in [0.5, 0.6) is 0 Å². The Hall–Kier alpha value is -2.15. The zero-order valence-corrected chi connectivity index (χ0v) is 20.1. The van der Waals surface area contributed by atoms with Crippen molar-refractivity contribution in [1.29, 1.82) is 5.26 Å². The summed E-state index contributed by atoms with van der Waals surface area (Å²) in [5.74, 6) is 1.13. The lowest BCUT2D eigenvalue weighted by molar-refractivity contribution is -0.122. The second kappa shape index (κ2) is 9.98. The third-order valence-electron chi connectivity index (χ3n) is 5.79. The maximum Gasteiger partial charge on any atom is 0.270 e. The first-order chi connectivity index (χ1) is 14.8. The van der Waals surface area contributed by atoms with Crippen molar-refractivity contribution >= 4 is 46.1 Å². The van der Waals surface area contributed by atoms with Crippen molar-refractivity contribution in [2.24, 2.45) is 5.92 Å². The van der Waals surface area contributed by atoms with Crippen LogP contribution in [0.2, 0.25) is 0 Å². The quantitative estimate of drug-likeness (QED) is 0.477. The van der Waals surface area contributed by atoms with Gasteiger partial charge in [0.2, 0.25) is 0 Å². The highest BCUT2D eigenvalue weighted by Gasteiger charge is 2.33. The molecular weight excluding hydrogens is 432 g/mol. The Labute approximate surface area is 192 Å². The third-order valence-corrected chi connectivity index (χ3v) is 7.16. The van der Waals surface area contributed by atoms with Gasteiger partial charge in [0.15, 0.2) is 0 Å². The van der Waals surface area contributed by atoms with E-state index in [0.717, 1.165) is 37.3 Å². The number of hydrogen-bond donors (Lipinski definition) is 0. The first-order valence-corrected chi connectivity index (χ1v) is 11.7. The van der Waals surface area contributed by atoms with E-state index in [9.17, 15) is 14.9 Å². The van der Waals surface area contributed by atoms with Crippen molar-refractivity contribution in [3.8, 4) is 6.07 Å². The van der Waals surface area contributed by atoms with Gasteiger partial charge in [-0.15, -0.1) is 0 Å². The van der Waals surface area contributed by atoms with Gasteiger partial charge in [-0.2, -0.15) is 5.26 Å². The maximum absolute atomic E-state index is 13.1. The molecule has 0 aliphatic carbocycles. The van der Waals surface area contributed by atoms with E-state index in [1.54, 1.807) is 18.6 Å². The normalized spacial score (nSPS) is 20.6. The largest absolute Gasteiger partial charge is 0.383 e. The van der Waals surface area contributed by atoms with Crippen LogP contribution in [0.4, 0.5) is 5.82 Å². The van der Waals surface area contributed by atoms with Crippen LogP contribution in [0.3, 0.4) is 0 Å². The molecule has 0 spiro atoms. The average molecular weight is 461 g/mol. The number of anilines is 1. The van der Waals surface area contributed by atoms with Gasteiger partial charge in [0.25, 0.3) is 11.5 Å². The number of carbonyl (C=O) groups excluding carboxylic acids is 1. The second-order valence-corrected chi connectivity index (χ2v) is 9.59. The molecule has 1 aromatic heterocycles. The SMILES string of the molecule is CCn1c(N2CCCC(C)C2)c(/C=C2\SC(=S)N(CCOC)C2=O)c(C)c(C#N)c1=O. The molecule has 2 aliphatic heterocycles. The van der Waals surface area contributed by atoms with Crippen LogP contribution in [-0.4, -0.2) is 53.0 Å². The molecule has 166 valence electrons. The first-order valence-electron chi connectivity index (χ1n) is 10.5. The lowest BCUT2D eigenvalue weighted by atomic mass is 9.98. The van der Waals surface area contributed by atoms with Crippen LogP contribution >= 0.6 is 24.0 Å². The zero-order chi connectivity index (χ0) is 22.7. The van der Waals surface area contributed by atoms with Crippen molar-refractivity contribution < 1.29 is 9.53 Å². The van der Waals surface area contributed by atoms with Crippen LogP contribution in [0.15, 0.2) is 9.70 Å². The molecule has 2 aliphatic rings. The highest BCUT2D eigenvalue weighted by atomic mass is 32.2. The minimum Gasteiger partial charge on any atom is -0.383 e. The Bertz CT molecular complexity index is 1030. The van der Waals surface area contributed by atoms with Crippen LogP contribution in [0.25, 0.3) is 6.08 Å². The number of aromatic nitrogens is 1. The van der Waals surface area contributed by atoms with E-state index in [2.05, 4.69) is 17.9 Å². The number of nitriles is 1. The number of pyridine rings is 1. The molecule has 1 atom stereocenters. The number of carbonyl (C=O) groups is 1. The fourth-order valence-corrected chi connectivity index (χ4v) is 5.46. The minimum absolute atomic E-state index is 0.122. The predicted molar refractivity (Wildman–Crippen MR) is 128 cm³/mol. The number of thiocarbonyl (C=S) groups is 1. The molecule has 3 rings (SSSR count). The molecule has 0 N–H and O–H groups in total. The molecule has 7 nitrogen and oxygen atoms in total. The van der Waals surface area contributed by atoms with Crippen LogP contribution < -0.4 is 10.5 Å². The van der Waals surface area contributed by atoms with Gasteiger partial charge in [-0.05, 0) is 44.2 Å². The van der Waals surface area contributed by atoms with Gasteiger partial charge in [0, 0.05) is 32.3 Å². The highest BCUT2D eigenvalue weighted by molar-refractivity contribution is 8.26. The summed E-state index contributed by atoms with van der Waals surface area (Å²) in [6, 6.07) is 2.07. The number of methoxy groups -OCH3 is 1. The molecule has 9 heteroatoms. The number of hydrogen-bond acceptors (Lipinski definition) is 7. The Morgan fingerprint density at radius 2 is 2.13 bits per heavy atom. The van der Waals surface area contributed by atoms with E-state index in [4.69, 9.17) is 17.0 Å². The van der Waals surface area contributed by atoms with Gasteiger partial charge < -0.3 is 9.64 Å². The molecule has 1 aromatic rings. The van der Waals surface area contributed by atoms with Gasteiger partial charge in [0.1, 0.15) is 21.8 Å². The monoisotopic (exact) mass is 460 g/mol. The number of rotatable bonds is 6. The number of piperidine rings is 1. The number of ether oxygens (including phenoxy) is 1. The van der Waals surface area contributed by atoms with Crippen LogP contribution in [0.1, 0.15) is 43.4 Å². The maximum atomic E-state index is 13.1. The topological polar surface area (TPSA) is 78.6 Å². The number of amides is 1. The molecule has 3 heterocycles. The summed E-state index contributed by atoms with van der Waals surface area (Å²) in [7, 11) is 1.58. The molecule has 1 amide bonds. The summed E-state index contributed by atoms with van der Waals surface area (Å²) in [5.41, 5.74) is 1.20. The molecule has 2 saturated heterocycles. The van der Waals surface area contributed by atoms with Gasteiger partial charge in [-0.25, -0.2) is 0 Å². The molecular formula is C22H28N4O3S2. The van der Waals surface area contributed by atoms with E-state index in [1.165, 1.54) is 16.7 Å². The molecule has 0 bridgehead atoms. The van der Waals surface area contributed by atoms with Crippen molar-refractivity contribution in [2.75, 3.05) is 38.3 Å². The van der Waals surface area contributed by atoms with E-state index in [-0.39, 0.29) is 17.0 Å². The Morgan fingerprint density at radius 3 is 2.74 bits per heavy atom. The summed E-state index contributed by atoms with van der Waals surface area (Å²) in [6.45, 7) is 8.81. The lowest BCUT2D eigenvalue weighted by Gasteiger charge is -2.35. The predicted octanol–water partition coefficient (Wildman–Crippen LogP) is 3.13. The third kappa shape index (κ3) is 4.56. The molecule has 31 heavy (non-hydrogen) atoms. The van der Waals surface area contributed by atoms with Gasteiger partial charge in [-0.3, -0.25) is 19.1 Å². The van der Waals surface area contributed by atoms with E-state index in [1.807, 2.05) is 13.0 Å². The molecule has 1 unspecified atom stereocenters. The Balaban J connectivity index is 2.18. The summed E-state index contributed by atoms with van der Waals surface area (Å²) >= 11 is 6.65. The molecule has 0 radical (unpaired) electrons. The summed E-state index contributed by atoms with van der Waals surface area (Å²) in [6.07, 6.45) is 3.99. The Morgan fingerprint density at radius 1 is 1.39 bits per heavy atom. The van der Waals surface area contributed by atoms with E-state index < -0.39 is 0 Å². The van der Waals surface area contributed by atoms with Crippen molar-refractivity contribution in [3.63, 3.8) is 0 Å². The van der Waals surface area contributed by atoms with Crippen molar-refractivity contribution in [1.82, 2.24) is 9.47 Å². The van der Waals surface area contributed by atoms with Gasteiger partial charge in [0.05, 0.1) is 18.1 Å². The van der Waals surface area contributed by atoms with E-state index >= 15 is 0 Å². The summed E-state index contributed by atoms with van der Waals surface area (Å²) in [4.78, 5) is 30.3. The van der Waals surface area contributed by atoms with Crippen LogP contribution in [-0.2, 0) is 16.1 Å². The molecule has 0 saturated carbocycles. The average Bonchev–Trinajstić information content (AvgIpc) is 3.01. The fourth-order valence-electron chi connectivity index (χ4n) is 4.17. The standard InChI is InChI=1S/C22H28N4O3S2/c1-5-25-19(24-8-6-7-14(2)13-24)16(15(3)17(12-23)20(25)27)11-18-21(28)26(9-10-29-4)22(30)31-18/h11,14H,5-10,13H2,1-4H3/b18-11-. The van der Waals surface area contributed by atoms with Gasteiger partial charge in [-0.1, -0.05) is 30.9 Å². The van der Waals surface area contributed by atoms with Gasteiger partial charge >= 0.3 is 0 Å². The number of thioether (sulfide) groups is 1. The smallest absolute Gasteiger partial charge is 0.270 e. The summed E-state index contributed by atoms with van der Waals surface area (Å²) < 4.78 is 7.25. The van der Waals surface area contributed by atoms with E-state index in [0.29, 0.717) is 40.4 Å². The lowest BCUT2D eigenvalue weighted by Crippen LogP contribution is -2.40. The Kier molecular flexibility index (Phi) is 7.57. The fraction of sp³-hybridized carbons (Fsp3) is 0.545. The molecule has 2 fully saturated rings. The van der Waals surface area contributed by atoms with Crippen molar-refractivity contribution in [2.45, 2.75) is 40.2 Å². The zero-order valence-electron chi connectivity index (χ0n) is 18.4. The highest BCUT2D eigenvalue weighted by Crippen LogP contribution is 2.36. The summed E-state index contributed by atoms with van der Waals surface area (Å²) in [5, 5.41) is 9.67. The van der Waals surface area contributed by atoms with Crippen molar-refractivity contribution in [3.05, 3.63) is 31.9 Å².